The fraction of sp³-hybridized carbons (Fsp3) is 0.500. The number of carbonyl (C=O) groups is 3. The molecule has 0 aromatic heterocycles. The Morgan fingerprint density at radius 1 is 1.29 bits per heavy atom. The first kappa shape index (κ1) is 18.0. The van der Waals surface area contributed by atoms with E-state index in [0.717, 1.165) is 12.0 Å². The lowest BCUT2D eigenvalue weighted by molar-refractivity contribution is -0.147. The third-order valence-electron chi connectivity index (χ3n) is 4.07. The monoisotopic (exact) mass is 332 g/mol. The second-order valence-electron chi connectivity index (χ2n) is 5.89. The zero-order chi connectivity index (χ0) is 17.5. The highest BCUT2D eigenvalue weighted by Crippen LogP contribution is 2.19. The van der Waals surface area contributed by atoms with Crippen molar-refractivity contribution in [3.63, 3.8) is 0 Å². The molecule has 2 atom stereocenters. The number of nitrogens with zero attached hydrogens (tertiary/aromatic N) is 1. The predicted octanol–water partition coefficient (Wildman–Crippen LogP) is 1.29. The van der Waals surface area contributed by atoms with E-state index >= 15 is 0 Å². The number of ether oxygens (including phenoxy) is 1. The third kappa shape index (κ3) is 4.57. The van der Waals surface area contributed by atoms with Crippen LogP contribution in [0.3, 0.4) is 0 Å². The summed E-state index contributed by atoms with van der Waals surface area (Å²) in [5.41, 5.74) is 0.924. The van der Waals surface area contributed by atoms with Gasteiger partial charge in [0.2, 0.25) is 11.8 Å². The van der Waals surface area contributed by atoms with E-state index in [2.05, 4.69) is 5.32 Å². The van der Waals surface area contributed by atoms with Crippen molar-refractivity contribution in [3.05, 3.63) is 35.9 Å². The molecule has 2 amide bonds. The summed E-state index contributed by atoms with van der Waals surface area (Å²) in [6, 6.07) is 8.23. The Bertz CT molecular complexity index is 588. The fourth-order valence-electron chi connectivity index (χ4n) is 2.85. The van der Waals surface area contributed by atoms with Crippen LogP contribution < -0.4 is 5.32 Å². The second kappa shape index (κ2) is 8.47. The Labute approximate surface area is 142 Å². The predicted molar refractivity (Wildman–Crippen MR) is 89.1 cm³/mol. The van der Waals surface area contributed by atoms with Crippen LogP contribution in [0.25, 0.3) is 0 Å². The standard InChI is InChI=1S/C18H24N2O4/c1-3-24-18(23)13(2)19-17(22)15-10-7-11-20(15)16(21)12-14-8-5-4-6-9-14/h4-6,8-9,13,15H,3,7,10-12H2,1-2H3,(H,19,22). The zero-order valence-corrected chi connectivity index (χ0v) is 14.2. The van der Waals surface area contributed by atoms with Crippen molar-refractivity contribution in [2.45, 2.75) is 45.2 Å². The molecule has 0 aliphatic carbocycles. The van der Waals surface area contributed by atoms with E-state index in [1.54, 1.807) is 18.7 Å². The largest absolute Gasteiger partial charge is 0.464 e. The van der Waals surface area contributed by atoms with E-state index in [4.69, 9.17) is 4.74 Å². The van der Waals surface area contributed by atoms with Crippen LogP contribution in [0.2, 0.25) is 0 Å². The molecular formula is C18H24N2O4. The first-order valence-electron chi connectivity index (χ1n) is 8.33. The molecule has 1 heterocycles. The molecule has 0 spiro atoms. The van der Waals surface area contributed by atoms with Crippen LogP contribution in [0.1, 0.15) is 32.3 Å². The van der Waals surface area contributed by atoms with Crippen molar-refractivity contribution < 1.29 is 19.1 Å². The molecule has 1 aromatic carbocycles. The van der Waals surface area contributed by atoms with Gasteiger partial charge in [0, 0.05) is 6.54 Å². The fourth-order valence-corrected chi connectivity index (χ4v) is 2.85. The van der Waals surface area contributed by atoms with Crippen LogP contribution in [-0.4, -0.2) is 47.9 Å². The molecule has 1 N–H and O–H groups in total. The van der Waals surface area contributed by atoms with Crippen LogP contribution >= 0.6 is 0 Å². The molecule has 1 aliphatic rings. The molecule has 6 nitrogen and oxygen atoms in total. The van der Waals surface area contributed by atoms with Crippen LogP contribution in [0.15, 0.2) is 30.3 Å². The van der Waals surface area contributed by atoms with Crippen molar-refractivity contribution in [1.82, 2.24) is 10.2 Å². The second-order valence-corrected chi connectivity index (χ2v) is 5.89. The number of carbonyl (C=O) groups excluding carboxylic acids is 3. The third-order valence-corrected chi connectivity index (χ3v) is 4.07. The van der Waals surface area contributed by atoms with Gasteiger partial charge in [-0.2, -0.15) is 0 Å². The lowest BCUT2D eigenvalue weighted by Crippen LogP contribution is -2.50. The molecule has 0 radical (unpaired) electrons. The van der Waals surface area contributed by atoms with Crippen LogP contribution in [0.5, 0.6) is 0 Å². The summed E-state index contributed by atoms with van der Waals surface area (Å²) in [5.74, 6) is -0.830. The van der Waals surface area contributed by atoms with E-state index < -0.39 is 18.1 Å². The average molecular weight is 332 g/mol. The number of likely N-dealkylation sites (tertiary alicyclic amines) is 1. The Balaban J connectivity index is 1.95. The lowest BCUT2D eigenvalue weighted by Gasteiger charge is -2.25. The highest BCUT2D eigenvalue weighted by atomic mass is 16.5. The molecule has 1 aromatic rings. The minimum Gasteiger partial charge on any atom is -0.464 e. The molecular weight excluding hydrogens is 308 g/mol. The minimum absolute atomic E-state index is 0.0670. The molecule has 0 bridgehead atoms. The summed E-state index contributed by atoms with van der Waals surface area (Å²) in [7, 11) is 0. The average Bonchev–Trinajstić information content (AvgIpc) is 3.05. The maximum Gasteiger partial charge on any atom is 0.328 e. The SMILES string of the molecule is CCOC(=O)C(C)NC(=O)C1CCCN1C(=O)Cc1ccccc1. The Hall–Kier alpha value is -2.37. The number of nitrogens with one attached hydrogen (secondary N) is 1. The molecule has 24 heavy (non-hydrogen) atoms. The first-order chi connectivity index (χ1) is 11.5. The summed E-state index contributed by atoms with van der Waals surface area (Å²) in [6.45, 7) is 4.13. The Morgan fingerprint density at radius 2 is 2.00 bits per heavy atom. The van der Waals surface area contributed by atoms with Gasteiger partial charge in [0.25, 0.3) is 0 Å². The molecule has 1 aliphatic heterocycles. The quantitative estimate of drug-likeness (QED) is 0.797. The highest BCUT2D eigenvalue weighted by molar-refractivity contribution is 5.91. The summed E-state index contributed by atoms with van der Waals surface area (Å²) < 4.78 is 4.89. The van der Waals surface area contributed by atoms with E-state index in [-0.39, 0.29) is 24.8 Å². The Morgan fingerprint density at radius 3 is 2.67 bits per heavy atom. The van der Waals surface area contributed by atoms with Crippen molar-refractivity contribution >= 4 is 17.8 Å². The highest BCUT2D eigenvalue weighted by Gasteiger charge is 2.35. The number of esters is 1. The van der Waals surface area contributed by atoms with Crippen molar-refractivity contribution in [1.29, 1.82) is 0 Å². The molecule has 0 saturated carbocycles. The lowest BCUT2D eigenvalue weighted by atomic mass is 10.1. The number of hydrogen-bond acceptors (Lipinski definition) is 4. The molecule has 2 rings (SSSR count). The van der Waals surface area contributed by atoms with Gasteiger partial charge in [-0.15, -0.1) is 0 Å². The summed E-state index contributed by atoms with van der Waals surface area (Å²) >= 11 is 0. The van der Waals surface area contributed by atoms with Gasteiger partial charge in [-0.05, 0) is 32.3 Å². The summed E-state index contributed by atoms with van der Waals surface area (Å²) in [5, 5.41) is 2.65. The minimum atomic E-state index is -0.718. The van der Waals surface area contributed by atoms with Gasteiger partial charge >= 0.3 is 5.97 Å². The van der Waals surface area contributed by atoms with Crippen molar-refractivity contribution in [2.75, 3.05) is 13.2 Å². The van der Waals surface area contributed by atoms with Crippen LogP contribution in [-0.2, 0) is 25.5 Å². The summed E-state index contributed by atoms with van der Waals surface area (Å²) in [6.07, 6.45) is 1.67. The molecule has 1 saturated heterocycles. The molecule has 6 heteroatoms. The van der Waals surface area contributed by atoms with E-state index in [1.165, 1.54) is 0 Å². The molecule has 130 valence electrons. The summed E-state index contributed by atoms with van der Waals surface area (Å²) in [4.78, 5) is 38.2. The van der Waals surface area contributed by atoms with Gasteiger partial charge < -0.3 is 15.0 Å². The smallest absolute Gasteiger partial charge is 0.328 e. The normalized spacial score (nSPS) is 18.1. The van der Waals surface area contributed by atoms with Crippen molar-refractivity contribution in [2.24, 2.45) is 0 Å². The van der Waals surface area contributed by atoms with Gasteiger partial charge in [0.15, 0.2) is 0 Å². The van der Waals surface area contributed by atoms with Gasteiger partial charge in [-0.3, -0.25) is 9.59 Å². The maximum atomic E-state index is 12.5. The van der Waals surface area contributed by atoms with Crippen LogP contribution in [0.4, 0.5) is 0 Å². The van der Waals surface area contributed by atoms with Gasteiger partial charge in [0.05, 0.1) is 13.0 Å². The number of benzene rings is 1. The number of rotatable bonds is 6. The zero-order valence-electron chi connectivity index (χ0n) is 14.2. The van der Waals surface area contributed by atoms with Gasteiger partial charge in [-0.25, -0.2) is 4.79 Å². The van der Waals surface area contributed by atoms with E-state index in [9.17, 15) is 14.4 Å². The topological polar surface area (TPSA) is 75.7 Å². The van der Waals surface area contributed by atoms with Gasteiger partial charge in [-0.1, -0.05) is 30.3 Å². The first-order valence-corrected chi connectivity index (χ1v) is 8.33. The van der Waals surface area contributed by atoms with Crippen LogP contribution in [0, 0.1) is 0 Å². The van der Waals surface area contributed by atoms with Gasteiger partial charge in [0.1, 0.15) is 12.1 Å². The number of hydrogen-bond donors (Lipinski definition) is 1. The van der Waals surface area contributed by atoms with E-state index in [0.29, 0.717) is 13.0 Å². The molecule has 2 unspecified atom stereocenters. The Kier molecular flexibility index (Phi) is 6.35. The number of amides is 2. The maximum absolute atomic E-state index is 12.5. The van der Waals surface area contributed by atoms with Crippen molar-refractivity contribution in [3.8, 4) is 0 Å². The molecule has 1 fully saturated rings. The van der Waals surface area contributed by atoms with E-state index in [1.807, 2.05) is 30.3 Å².